The van der Waals surface area contributed by atoms with Gasteiger partial charge in [0.1, 0.15) is 0 Å². The summed E-state index contributed by atoms with van der Waals surface area (Å²) in [6.07, 6.45) is 5.66. The summed E-state index contributed by atoms with van der Waals surface area (Å²) in [5.74, 6) is 0. The lowest BCUT2D eigenvalue weighted by molar-refractivity contribution is 0.685. The minimum Gasteiger partial charge on any atom is -0.320 e. The average molecular weight is 171 g/mol. The zero-order chi connectivity index (χ0) is 10.2. The Morgan fingerprint density at radius 1 is 1.17 bits per heavy atom. The van der Waals surface area contributed by atoms with Crippen molar-refractivity contribution in [2.45, 2.75) is 33.1 Å². The third-order valence-electron chi connectivity index (χ3n) is 1.09. The quantitative estimate of drug-likeness (QED) is 0.494. The molecule has 0 aliphatic rings. The Morgan fingerprint density at radius 2 is 1.67 bits per heavy atom. The lowest BCUT2D eigenvalue weighted by Gasteiger charge is -1.93. The van der Waals surface area contributed by atoms with Crippen LogP contribution in [0, 0.1) is 0 Å². The summed E-state index contributed by atoms with van der Waals surface area (Å²) < 4.78 is 0. The SMILES string of the molecule is C=C.C=CCCCCNC.CC. The maximum absolute atomic E-state index is 3.64. The molecule has 74 valence electrons. The first kappa shape index (κ1) is 17.5. The van der Waals surface area contributed by atoms with E-state index in [9.17, 15) is 0 Å². The fourth-order valence-electron chi connectivity index (χ4n) is 0.590. The number of nitrogens with one attached hydrogen (secondary N) is 1. The molecule has 1 heteroatoms. The van der Waals surface area contributed by atoms with Crippen LogP contribution in [-0.4, -0.2) is 13.6 Å². The van der Waals surface area contributed by atoms with E-state index in [1.54, 1.807) is 0 Å². The molecule has 0 fully saturated rings. The molecule has 0 radical (unpaired) electrons. The molecule has 0 amide bonds. The van der Waals surface area contributed by atoms with Crippen molar-refractivity contribution >= 4 is 0 Å². The van der Waals surface area contributed by atoms with E-state index in [1.165, 1.54) is 12.8 Å². The van der Waals surface area contributed by atoms with Gasteiger partial charge in [-0.1, -0.05) is 19.9 Å². The van der Waals surface area contributed by atoms with Crippen LogP contribution in [0.1, 0.15) is 33.1 Å². The number of allylic oxidation sites excluding steroid dienone is 1. The molecule has 0 spiro atoms. The summed E-state index contributed by atoms with van der Waals surface area (Å²) in [5.41, 5.74) is 0. The van der Waals surface area contributed by atoms with Gasteiger partial charge in [-0.05, 0) is 32.9 Å². The first-order valence-electron chi connectivity index (χ1n) is 4.67. The van der Waals surface area contributed by atoms with Crippen molar-refractivity contribution in [1.82, 2.24) is 5.32 Å². The van der Waals surface area contributed by atoms with Crippen molar-refractivity contribution in [2.24, 2.45) is 0 Å². The van der Waals surface area contributed by atoms with E-state index in [0.717, 1.165) is 13.0 Å². The highest BCUT2D eigenvalue weighted by atomic mass is 14.8. The monoisotopic (exact) mass is 171 g/mol. The summed E-state index contributed by atoms with van der Waals surface area (Å²) in [4.78, 5) is 0. The van der Waals surface area contributed by atoms with Crippen molar-refractivity contribution in [3.8, 4) is 0 Å². The van der Waals surface area contributed by atoms with Gasteiger partial charge in [-0.25, -0.2) is 0 Å². The summed E-state index contributed by atoms with van der Waals surface area (Å²) >= 11 is 0. The van der Waals surface area contributed by atoms with Crippen molar-refractivity contribution < 1.29 is 0 Å². The topological polar surface area (TPSA) is 12.0 Å². The van der Waals surface area contributed by atoms with Crippen LogP contribution in [0.5, 0.6) is 0 Å². The molecule has 0 aromatic rings. The number of rotatable bonds is 5. The van der Waals surface area contributed by atoms with Crippen LogP contribution in [-0.2, 0) is 0 Å². The van der Waals surface area contributed by atoms with Gasteiger partial charge in [-0.3, -0.25) is 0 Å². The lowest BCUT2D eigenvalue weighted by Crippen LogP contribution is -2.06. The van der Waals surface area contributed by atoms with E-state index in [4.69, 9.17) is 0 Å². The second-order valence-corrected chi connectivity index (χ2v) is 1.89. The van der Waals surface area contributed by atoms with E-state index < -0.39 is 0 Å². The molecule has 1 N–H and O–H groups in total. The fraction of sp³-hybridized carbons (Fsp3) is 0.636. The Hall–Kier alpha value is -0.560. The van der Waals surface area contributed by atoms with Crippen molar-refractivity contribution in [1.29, 1.82) is 0 Å². The van der Waals surface area contributed by atoms with E-state index >= 15 is 0 Å². The Kier molecular flexibility index (Phi) is 45.9. The highest BCUT2D eigenvalue weighted by Crippen LogP contribution is 1.92. The lowest BCUT2D eigenvalue weighted by atomic mass is 10.2. The van der Waals surface area contributed by atoms with Crippen molar-refractivity contribution in [2.75, 3.05) is 13.6 Å². The number of hydrogen-bond acceptors (Lipinski definition) is 1. The third kappa shape index (κ3) is 34.1. The Balaban J connectivity index is -0.000000175. The molecule has 1 nitrogen and oxygen atoms in total. The molecule has 0 saturated carbocycles. The zero-order valence-electron chi connectivity index (χ0n) is 9.03. The van der Waals surface area contributed by atoms with Crippen molar-refractivity contribution in [3.63, 3.8) is 0 Å². The van der Waals surface area contributed by atoms with Gasteiger partial charge in [0.15, 0.2) is 0 Å². The fourth-order valence-corrected chi connectivity index (χ4v) is 0.590. The van der Waals surface area contributed by atoms with Crippen LogP contribution < -0.4 is 5.32 Å². The molecular weight excluding hydrogens is 146 g/mol. The highest BCUT2D eigenvalue weighted by Gasteiger charge is 1.80. The van der Waals surface area contributed by atoms with Gasteiger partial charge < -0.3 is 5.32 Å². The molecular formula is C11H25N. The largest absolute Gasteiger partial charge is 0.320 e. The molecule has 0 aromatic heterocycles. The molecule has 0 aliphatic carbocycles. The molecule has 0 atom stereocenters. The van der Waals surface area contributed by atoms with Crippen molar-refractivity contribution in [3.05, 3.63) is 25.8 Å². The minimum atomic E-state index is 1.13. The number of unbranched alkanes of at least 4 members (excludes halogenated alkanes) is 2. The van der Waals surface area contributed by atoms with Gasteiger partial charge in [0.2, 0.25) is 0 Å². The van der Waals surface area contributed by atoms with Crippen LogP contribution in [0.15, 0.2) is 25.8 Å². The maximum Gasteiger partial charge on any atom is -0.00518 e. The second kappa shape index (κ2) is 31.4. The summed E-state index contributed by atoms with van der Waals surface area (Å²) in [6, 6.07) is 0. The van der Waals surface area contributed by atoms with Crippen LogP contribution in [0.2, 0.25) is 0 Å². The Labute approximate surface area is 78.6 Å². The average Bonchev–Trinajstić information content (AvgIpc) is 2.19. The normalized spacial score (nSPS) is 6.92. The van der Waals surface area contributed by atoms with E-state index in [2.05, 4.69) is 25.1 Å². The Bertz CT molecular complexity index is 60.0. The molecule has 0 bridgehead atoms. The molecule has 0 aliphatic heterocycles. The van der Waals surface area contributed by atoms with Gasteiger partial charge in [-0.15, -0.1) is 19.7 Å². The van der Waals surface area contributed by atoms with Gasteiger partial charge in [0, 0.05) is 0 Å². The minimum absolute atomic E-state index is 1.13. The van der Waals surface area contributed by atoms with E-state index in [-0.39, 0.29) is 0 Å². The molecule has 0 saturated heterocycles. The van der Waals surface area contributed by atoms with Crippen LogP contribution in [0.25, 0.3) is 0 Å². The van der Waals surface area contributed by atoms with Gasteiger partial charge in [0.25, 0.3) is 0 Å². The molecule has 0 rings (SSSR count). The predicted molar refractivity (Wildman–Crippen MR) is 60.6 cm³/mol. The smallest absolute Gasteiger partial charge is 0.00518 e. The second-order valence-electron chi connectivity index (χ2n) is 1.89. The zero-order valence-corrected chi connectivity index (χ0v) is 9.03. The highest BCUT2D eigenvalue weighted by molar-refractivity contribution is 4.65. The molecule has 12 heavy (non-hydrogen) atoms. The van der Waals surface area contributed by atoms with E-state index in [1.807, 2.05) is 27.0 Å². The van der Waals surface area contributed by atoms with E-state index in [0.29, 0.717) is 0 Å². The summed E-state index contributed by atoms with van der Waals surface area (Å²) in [7, 11) is 1.98. The summed E-state index contributed by atoms with van der Waals surface area (Å²) in [5, 5.41) is 3.09. The first-order chi connectivity index (χ1) is 5.91. The maximum atomic E-state index is 3.64. The number of hydrogen-bond donors (Lipinski definition) is 1. The first-order valence-corrected chi connectivity index (χ1v) is 4.67. The van der Waals surface area contributed by atoms with Crippen LogP contribution >= 0.6 is 0 Å². The molecule has 0 aromatic carbocycles. The Morgan fingerprint density at radius 3 is 2.00 bits per heavy atom. The van der Waals surface area contributed by atoms with Gasteiger partial charge in [-0.2, -0.15) is 0 Å². The van der Waals surface area contributed by atoms with Gasteiger partial charge in [0.05, 0.1) is 0 Å². The standard InChI is InChI=1S/C7H15N.C2H6.C2H4/c1-3-4-5-6-7-8-2;2*1-2/h3,8H,1,4-7H2,2H3;1-2H3;1-2H2. The molecule has 0 heterocycles. The van der Waals surface area contributed by atoms with Gasteiger partial charge >= 0.3 is 0 Å². The third-order valence-corrected chi connectivity index (χ3v) is 1.09. The van der Waals surface area contributed by atoms with Crippen LogP contribution in [0.3, 0.4) is 0 Å². The predicted octanol–water partition coefficient (Wildman–Crippen LogP) is 3.39. The summed E-state index contributed by atoms with van der Waals surface area (Å²) in [6.45, 7) is 14.8. The molecule has 0 unspecified atom stereocenters. The van der Waals surface area contributed by atoms with Crippen LogP contribution in [0.4, 0.5) is 0 Å².